The lowest BCUT2D eigenvalue weighted by Gasteiger charge is -2.34. The van der Waals surface area contributed by atoms with E-state index in [1.54, 1.807) is 0 Å². The van der Waals surface area contributed by atoms with Gasteiger partial charge in [0.1, 0.15) is 0 Å². The number of likely N-dealkylation sites (tertiary alicyclic amines) is 1. The lowest BCUT2D eigenvalue weighted by Crippen LogP contribution is -2.42. The molecule has 110 valence electrons. The fourth-order valence-corrected chi connectivity index (χ4v) is 4.91. The predicted molar refractivity (Wildman–Crippen MR) is 81.4 cm³/mol. The van der Waals surface area contributed by atoms with E-state index >= 15 is 0 Å². The molecule has 1 saturated heterocycles. The highest BCUT2D eigenvalue weighted by atomic mass is 15.2. The van der Waals surface area contributed by atoms with E-state index in [1.807, 2.05) is 0 Å². The lowest BCUT2D eigenvalue weighted by atomic mass is 9.95. The molecule has 2 nitrogen and oxygen atoms in total. The second kappa shape index (κ2) is 6.58. The van der Waals surface area contributed by atoms with Gasteiger partial charge in [-0.15, -0.1) is 0 Å². The Bertz CT molecular complexity index is 272. The predicted octanol–water partition coefficient (Wildman–Crippen LogP) is 3.56. The summed E-state index contributed by atoms with van der Waals surface area (Å²) in [6.45, 7) is 4.88. The Balaban J connectivity index is 1.53. The molecule has 1 heterocycles. The average molecular weight is 264 g/mol. The van der Waals surface area contributed by atoms with E-state index in [0.29, 0.717) is 0 Å². The van der Waals surface area contributed by atoms with Gasteiger partial charge in [0, 0.05) is 18.1 Å². The van der Waals surface area contributed by atoms with Gasteiger partial charge in [-0.3, -0.25) is 4.90 Å². The summed E-state index contributed by atoms with van der Waals surface area (Å²) < 4.78 is 0. The van der Waals surface area contributed by atoms with Crippen LogP contribution in [-0.2, 0) is 0 Å². The molecule has 0 aromatic rings. The summed E-state index contributed by atoms with van der Waals surface area (Å²) >= 11 is 0. The summed E-state index contributed by atoms with van der Waals surface area (Å²) in [5, 5.41) is 3.74. The normalized spacial score (nSPS) is 37.4. The molecule has 19 heavy (non-hydrogen) atoms. The molecular formula is C17H32N2. The van der Waals surface area contributed by atoms with E-state index in [-0.39, 0.29) is 0 Å². The van der Waals surface area contributed by atoms with Gasteiger partial charge < -0.3 is 5.32 Å². The standard InChI is InChI=1S/C17H32N2/c1-2-11-18-15-9-10-16(13-15)19-12-5-8-17(19)14-6-3-4-7-14/h14-18H,2-13H2,1H3. The first kappa shape index (κ1) is 13.9. The quantitative estimate of drug-likeness (QED) is 0.817. The highest BCUT2D eigenvalue weighted by molar-refractivity contribution is 4.95. The largest absolute Gasteiger partial charge is 0.314 e. The molecule has 0 spiro atoms. The number of nitrogens with zero attached hydrogens (tertiary/aromatic N) is 1. The molecule has 3 fully saturated rings. The summed E-state index contributed by atoms with van der Waals surface area (Å²) in [7, 11) is 0. The SMILES string of the molecule is CCCNC1CCC(N2CCCC2C2CCCC2)C1. The van der Waals surface area contributed by atoms with Gasteiger partial charge >= 0.3 is 0 Å². The Kier molecular flexibility index (Phi) is 4.81. The minimum Gasteiger partial charge on any atom is -0.314 e. The number of hydrogen-bond acceptors (Lipinski definition) is 2. The van der Waals surface area contributed by atoms with E-state index in [9.17, 15) is 0 Å². The second-order valence-electron chi connectivity index (χ2n) is 7.11. The van der Waals surface area contributed by atoms with Crippen molar-refractivity contribution in [3.63, 3.8) is 0 Å². The molecule has 3 unspecified atom stereocenters. The molecule has 0 aromatic heterocycles. The molecule has 0 aromatic carbocycles. The maximum atomic E-state index is 3.74. The van der Waals surface area contributed by atoms with Gasteiger partial charge in [-0.25, -0.2) is 0 Å². The number of nitrogens with one attached hydrogen (secondary N) is 1. The van der Waals surface area contributed by atoms with Crippen LogP contribution in [0.3, 0.4) is 0 Å². The van der Waals surface area contributed by atoms with Gasteiger partial charge in [-0.05, 0) is 70.4 Å². The first-order valence-corrected chi connectivity index (χ1v) is 8.87. The summed E-state index contributed by atoms with van der Waals surface area (Å²) in [5.74, 6) is 1.05. The number of hydrogen-bond donors (Lipinski definition) is 1. The van der Waals surface area contributed by atoms with Gasteiger partial charge in [0.25, 0.3) is 0 Å². The Morgan fingerprint density at radius 2 is 1.84 bits per heavy atom. The summed E-state index contributed by atoms with van der Waals surface area (Å²) in [4.78, 5) is 2.93. The van der Waals surface area contributed by atoms with Gasteiger partial charge in [0.05, 0.1) is 0 Å². The van der Waals surface area contributed by atoms with Gasteiger partial charge in [0.15, 0.2) is 0 Å². The summed E-state index contributed by atoms with van der Waals surface area (Å²) in [6, 6.07) is 2.68. The topological polar surface area (TPSA) is 15.3 Å². The molecule has 2 aliphatic carbocycles. The molecule has 0 amide bonds. The first-order chi connectivity index (χ1) is 9.38. The van der Waals surface area contributed by atoms with Crippen molar-refractivity contribution >= 4 is 0 Å². The van der Waals surface area contributed by atoms with Crippen molar-refractivity contribution in [1.29, 1.82) is 0 Å². The van der Waals surface area contributed by atoms with E-state index < -0.39 is 0 Å². The molecule has 1 aliphatic heterocycles. The van der Waals surface area contributed by atoms with Crippen molar-refractivity contribution in [2.75, 3.05) is 13.1 Å². The van der Waals surface area contributed by atoms with Crippen LogP contribution in [0.5, 0.6) is 0 Å². The summed E-state index contributed by atoms with van der Waals surface area (Å²) in [6.07, 6.45) is 14.6. The van der Waals surface area contributed by atoms with Crippen molar-refractivity contribution in [2.45, 2.75) is 89.3 Å². The minimum absolute atomic E-state index is 0.815. The van der Waals surface area contributed by atoms with Crippen LogP contribution in [0.15, 0.2) is 0 Å². The molecule has 2 heteroatoms. The smallest absolute Gasteiger partial charge is 0.0127 e. The van der Waals surface area contributed by atoms with Gasteiger partial charge in [-0.2, -0.15) is 0 Å². The van der Waals surface area contributed by atoms with Crippen LogP contribution < -0.4 is 5.32 Å². The first-order valence-electron chi connectivity index (χ1n) is 8.87. The van der Waals surface area contributed by atoms with Crippen LogP contribution in [0.1, 0.15) is 71.1 Å². The zero-order chi connectivity index (χ0) is 13.1. The molecule has 3 rings (SSSR count). The third kappa shape index (κ3) is 3.16. The van der Waals surface area contributed by atoms with Crippen molar-refractivity contribution in [1.82, 2.24) is 10.2 Å². The third-order valence-corrected chi connectivity index (χ3v) is 5.84. The Morgan fingerprint density at radius 3 is 2.63 bits per heavy atom. The fraction of sp³-hybridized carbons (Fsp3) is 1.00. The molecule has 3 atom stereocenters. The van der Waals surface area contributed by atoms with E-state index in [4.69, 9.17) is 0 Å². The maximum Gasteiger partial charge on any atom is 0.0127 e. The Morgan fingerprint density at radius 1 is 1.00 bits per heavy atom. The Labute approximate surface area is 119 Å². The van der Waals surface area contributed by atoms with Gasteiger partial charge in [-0.1, -0.05) is 19.8 Å². The van der Waals surface area contributed by atoms with E-state index in [1.165, 1.54) is 77.3 Å². The third-order valence-electron chi connectivity index (χ3n) is 5.84. The second-order valence-corrected chi connectivity index (χ2v) is 7.11. The zero-order valence-electron chi connectivity index (χ0n) is 12.7. The molecular weight excluding hydrogens is 232 g/mol. The van der Waals surface area contributed by atoms with Crippen LogP contribution in [0, 0.1) is 5.92 Å². The van der Waals surface area contributed by atoms with Crippen molar-refractivity contribution in [3.05, 3.63) is 0 Å². The van der Waals surface area contributed by atoms with Crippen molar-refractivity contribution < 1.29 is 0 Å². The molecule has 3 aliphatic rings. The van der Waals surface area contributed by atoms with Crippen LogP contribution in [0.2, 0.25) is 0 Å². The maximum absolute atomic E-state index is 3.74. The van der Waals surface area contributed by atoms with E-state index in [0.717, 1.165) is 24.0 Å². The monoisotopic (exact) mass is 264 g/mol. The van der Waals surface area contributed by atoms with Crippen LogP contribution >= 0.6 is 0 Å². The summed E-state index contributed by atoms with van der Waals surface area (Å²) in [5.41, 5.74) is 0. The fourth-order valence-electron chi connectivity index (χ4n) is 4.91. The van der Waals surface area contributed by atoms with E-state index in [2.05, 4.69) is 17.1 Å². The molecule has 0 radical (unpaired) electrons. The van der Waals surface area contributed by atoms with Crippen molar-refractivity contribution in [3.8, 4) is 0 Å². The highest BCUT2D eigenvalue weighted by Crippen LogP contribution is 2.39. The van der Waals surface area contributed by atoms with Crippen molar-refractivity contribution in [2.24, 2.45) is 5.92 Å². The molecule has 1 N–H and O–H groups in total. The Hall–Kier alpha value is -0.0800. The zero-order valence-corrected chi connectivity index (χ0v) is 12.7. The molecule has 0 bridgehead atoms. The van der Waals surface area contributed by atoms with Crippen LogP contribution in [0.4, 0.5) is 0 Å². The minimum atomic E-state index is 0.815. The van der Waals surface area contributed by atoms with Gasteiger partial charge in [0.2, 0.25) is 0 Å². The number of rotatable bonds is 5. The highest BCUT2D eigenvalue weighted by Gasteiger charge is 2.39. The molecule has 2 saturated carbocycles. The lowest BCUT2D eigenvalue weighted by molar-refractivity contribution is 0.135. The van der Waals surface area contributed by atoms with Crippen LogP contribution in [0.25, 0.3) is 0 Å². The van der Waals surface area contributed by atoms with Crippen LogP contribution in [-0.4, -0.2) is 36.1 Å². The average Bonchev–Trinajstić information content (AvgIpc) is 3.14.